The summed E-state index contributed by atoms with van der Waals surface area (Å²) in [4.78, 5) is 14.9. The number of alkyl halides is 1. The molecular formula is C27H32ClFN2O2S. The molecule has 0 bridgehead atoms. The largest absolute Gasteiger partial charge is 0.444 e. The molecule has 34 heavy (non-hydrogen) atoms. The average molecular weight is 503 g/mol. The van der Waals surface area contributed by atoms with E-state index in [4.69, 9.17) is 28.6 Å². The fraction of sp³-hybridized carbons (Fsp3) is 0.481. The Hall–Kier alpha value is -2.18. The first-order chi connectivity index (χ1) is 16.0. The Morgan fingerprint density at radius 3 is 2.79 bits per heavy atom. The minimum Gasteiger partial charge on any atom is -0.444 e. The van der Waals surface area contributed by atoms with Gasteiger partial charge < -0.3 is 15.0 Å². The van der Waals surface area contributed by atoms with Gasteiger partial charge in [-0.05, 0) is 87.8 Å². The van der Waals surface area contributed by atoms with Crippen molar-refractivity contribution in [3.63, 3.8) is 0 Å². The van der Waals surface area contributed by atoms with Crippen LogP contribution < -0.4 is 5.32 Å². The molecule has 2 aromatic carbocycles. The monoisotopic (exact) mass is 502 g/mol. The number of thiocarbonyl (C=S) groups is 1. The number of nitrogens with one attached hydrogen (secondary N) is 1. The number of rotatable bonds is 6. The van der Waals surface area contributed by atoms with Crippen molar-refractivity contribution >= 4 is 40.6 Å². The Labute approximate surface area is 211 Å². The molecule has 0 aromatic heterocycles. The van der Waals surface area contributed by atoms with E-state index in [1.54, 1.807) is 4.90 Å². The molecule has 4 nitrogen and oxygen atoms in total. The van der Waals surface area contributed by atoms with Crippen LogP contribution in [-0.4, -0.2) is 33.8 Å². The summed E-state index contributed by atoms with van der Waals surface area (Å²) in [5.41, 5.74) is 2.05. The summed E-state index contributed by atoms with van der Waals surface area (Å²) < 4.78 is 21.0. The number of carbonyl (C=O) groups excluding carboxylic acids is 1. The third-order valence-corrected chi connectivity index (χ3v) is 7.19. The number of nitrogens with zero attached hydrogens (tertiary/aromatic N) is 1. The van der Waals surface area contributed by atoms with E-state index in [2.05, 4.69) is 17.4 Å². The predicted octanol–water partition coefficient (Wildman–Crippen LogP) is 7.44. The van der Waals surface area contributed by atoms with Gasteiger partial charge in [-0.2, -0.15) is 0 Å². The van der Waals surface area contributed by atoms with Gasteiger partial charge in [0.15, 0.2) is 5.67 Å². The summed E-state index contributed by atoms with van der Waals surface area (Å²) in [6.45, 7) is 6.56. The second-order valence-corrected chi connectivity index (χ2v) is 11.2. The lowest BCUT2D eigenvalue weighted by Gasteiger charge is -2.35. The van der Waals surface area contributed by atoms with Crippen LogP contribution in [0.3, 0.4) is 0 Å². The summed E-state index contributed by atoms with van der Waals surface area (Å²) in [7, 11) is 0. The highest BCUT2D eigenvalue weighted by Crippen LogP contribution is 2.51. The van der Waals surface area contributed by atoms with Crippen molar-refractivity contribution in [2.24, 2.45) is 0 Å². The van der Waals surface area contributed by atoms with Crippen molar-refractivity contribution in [2.75, 3.05) is 11.9 Å². The molecule has 1 amide bonds. The van der Waals surface area contributed by atoms with Crippen molar-refractivity contribution < 1.29 is 13.9 Å². The molecule has 1 aliphatic carbocycles. The molecule has 7 heteroatoms. The van der Waals surface area contributed by atoms with Crippen molar-refractivity contribution in [1.82, 2.24) is 4.90 Å². The summed E-state index contributed by atoms with van der Waals surface area (Å²) in [6, 6.07) is 13.7. The highest BCUT2D eigenvalue weighted by atomic mass is 35.5. The SMILES string of the molecule is CC(C)(C)OC(=O)N(CCCc1ccc2c(c1)NC(=S)C1(F)CCCC21)Cc1cccc(Cl)c1. The van der Waals surface area contributed by atoms with Gasteiger partial charge in [0.1, 0.15) is 10.6 Å². The molecule has 2 aliphatic rings. The van der Waals surface area contributed by atoms with Gasteiger partial charge in [-0.15, -0.1) is 0 Å². The van der Waals surface area contributed by atoms with Crippen molar-refractivity contribution in [1.29, 1.82) is 0 Å². The van der Waals surface area contributed by atoms with E-state index in [1.165, 1.54) is 0 Å². The summed E-state index contributed by atoms with van der Waals surface area (Å²) >= 11 is 11.5. The first-order valence-electron chi connectivity index (χ1n) is 11.9. The number of fused-ring (bicyclic) bond motifs is 3. The number of hydrogen-bond acceptors (Lipinski definition) is 3. The van der Waals surface area contributed by atoms with Gasteiger partial charge in [0, 0.05) is 29.7 Å². The quantitative estimate of drug-likeness (QED) is 0.417. The van der Waals surface area contributed by atoms with Crippen LogP contribution in [0.5, 0.6) is 0 Å². The molecule has 1 saturated carbocycles. The molecular weight excluding hydrogens is 471 g/mol. The lowest BCUT2D eigenvalue weighted by molar-refractivity contribution is 0.0231. The standard InChI is InChI=1S/C27H32ClFN2O2S/c1-26(2,3)33-25(32)31(17-19-7-4-9-20(28)15-19)14-6-8-18-11-12-21-22-10-5-13-27(22,29)24(34)30-23(21)16-18/h4,7,9,11-12,15-16,22H,5-6,8,10,13-14,17H2,1-3H3,(H,30,34). The van der Waals surface area contributed by atoms with E-state index in [0.29, 0.717) is 29.5 Å². The number of amides is 1. The average Bonchev–Trinajstić information content (AvgIpc) is 3.15. The van der Waals surface area contributed by atoms with E-state index >= 15 is 4.39 Å². The van der Waals surface area contributed by atoms with Crippen molar-refractivity contribution in [2.45, 2.75) is 76.6 Å². The van der Waals surface area contributed by atoms with Crippen LogP contribution in [0.4, 0.5) is 14.9 Å². The van der Waals surface area contributed by atoms with Gasteiger partial charge in [-0.1, -0.05) is 48.1 Å². The minimum atomic E-state index is -1.40. The fourth-order valence-corrected chi connectivity index (χ4v) is 5.50. The van der Waals surface area contributed by atoms with Crippen LogP contribution >= 0.6 is 23.8 Å². The van der Waals surface area contributed by atoms with Gasteiger partial charge in [-0.3, -0.25) is 0 Å². The predicted molar refractivity (Wildman–Crippen MR) is 140 cm³/mol. The van der Waals surface area contributed by atoms with Crippen LogP contribution in [-0.2, 0) is 17.7 Å². The van der Waals surface area contributed by atoms with Crippen molar-refractivity contribution in [3.05, 3.63) is 64.2 Å². The Morgan fingerprint density at radius 2 is 2.06 bits per heavy atom. The number of halogens is 2. The van der Waals surface area contributed by atoms with Gasteiger partial charge in [-0.25, -0.2) is 9.18 Å². The van der Waals surface area contributed by atoms with E-state index in [1.807, 2.05) is 51.1 Å². The summed E-state index contributed by atoms with van der Waals surface area (Å²) in [5.74, 6) is -0.148. The van der Waals surface area contributed by atoms with Crippen LogP contribution in [0.1, 0.15) is 69.1 Å². The zero-order valence-corrected chi connectivity index (χ0v) is 21.6. The molecule has 182 valence electrons. The molecule has 4 rings (SSSR count). The second-order valence-electron chi connectivity index (χ2n) is 10.3. The lowest BCUT2D eigenvalue weighted by atomic mass is 9.81. The molecule has 1 fully saturated rings. The maximum atomic E-state index is 15.4. The minimum absolute atomic E-state index is 0.148. The highest BCUT2D eigenvalue weighted by molar-refractivity contribution is 7.80. The number of carbonyl (C=O) groups is 1. The Bertz CT molecular complexity index is 1090. The van der Waals surface area contributed by atoms with E-state index < -0.39 is 11.3 Å². The molecule has 0 spiro atoms. The van der Waals surface area contributed by atoms with Crippen LogP contribution in [0.15, 0.2) is 42.5 Å². The second kappa shape index (κ2) is 9.82. The molecule has 2 atom stereocenters. The summed E-state index contributed by atoms with van der Waals surface area (Å²) in [5, 5.41) is 3.79. The Kier molecular flexibility index (Phi) is 7.20. The van der Waals surface area contributed by atoms with Gasteiger partial charge in [0.2, 0.25) is 0 Å². The third-order valence-electron chi connectivity index (χ3n) is 6.51. The molecule has 1 heterocycles. The smallest absolute Gasteiger partial charge is 0.410 e. The first kappa shape index (κ1) is 24.9. The van der Waals surface area contributed by atoms with Crippen LogP contribution in [0.25, 0.3) is 0 Å². The van der Waals surface area contributed by atoms with E-state index in [9.17, 15) is 4.79 Å². The number of hydrogen-bond donors (Lipinski definition) is 1. The third kappa shape index (κ3) is 5.55. The van der Waals surface area contributed by atoms with Gasteiger partial charge in [0.05, 0.1) is 0 Å². The van der Waals surface area contributed by atoms with Gasteiger partial charge >= 0.3 is 6.09 Å². The lowest BCUT2D eigenvalue weighted by Crippen LogP contribution is -2.43. The molecule has 0 radical (unpaired) electrons. The fourth-order valence-electron chi connectivity index (χ4n) is 4.93. The summed E-state index contributed by atoms with van der Waals surface area (Å²) in [6.07, 6.45) is 3.39. The zero-order chi connectivity index (χ0) is 24.5. The molecule has 1 aliphatic heterocycles. The van der Waals surface area contributed by atoms with Crippen molar-refractivity contribution in [3.8, 4) is 0 Å². The highest BCUT2D eigenvalue weighted by Gasteiger charge is 2.51. The molecule has 0 saturated heterocycles. The number of benzene rings is 2. The normalized spacial score (nSPS) is 21.4. The zero-order valence-electron chi connectivity index (χ0n) is 20.0. The maximum absolute atomic E-state index is 15.4. The Balaban J connectivity index is 1.43. The molecule has 2 unspecified atom stereocenters. The topological polar surface area (TPSA) is 41.6 Å². The molecule has 1 N–H and O–H groups in total. The van der Waals surface area contributed by atoms with E-state index in [-0.39, 0.29) is 12.0 Å². The number of aryl methyl sites for hydroxylation is 1. The van der Waals surface area contributed by atoms with Crippen LogP contribution in [0.2, 0.25) is 5.02 Å². The molecule has 2 aromatic rings. The van der Waals surface area contributed by atoms with Gasteiger partial charge in [0.25, 0.3) is 0 Å². The van der Waals surface area contributed by atoms with E-state index in [0.717, 1.165) is 48.1 Å². The van der Waals surface area contributed by atoms with Crippen LogP contribution in [0, 0.1) is 0 Å². The maximum Gasteiger partial charge on any atom is 0.410 e. The number of anilines is 1. The number of ether oxygens (including phenoxy) is 1. The Morgan fingerprint density at radius 1 is 1.26 bits per heavy atom. The first-order valence-corrected chi connectivity index (χ1v) is 12.7.